The zero-order valence-corrected chi connectivity index (χ0v) is 15.5. The number of carbonyl (C=O) groups is 2. The van der Waals surface area contributed by atoms with Crippen molar-refractivity contribution in [2.75, 3.05) is 6.54 Å². The molecular weight excluding hydrogens is 439 g/mol. The molecule has 3 N–H and O–H groups in total. The van der Waals surface area contributed by atoms with Gasteiger partial charge in [0.1, 0.15) is 22.7 Å². The zero-order chi connectivity index (χ0) is 22.2. The first-order valence-corrected chi connectivity index (χ1v) is 8.58. The van der Waals surface area contributed by atoms with Gasteiger partial charge in [0.15, 0.2) is 5.82 Å². The fourth-order valence-corrected chi connectivity index (χ4v) is 3.15. The Hall–Kier alpha value is -3.15. The number of alkyl halides is 2. The number of urea groups is 1. The van der Waals surface area contributed by atoms with E-state index in [0.29, 0.717) is 6.07 Å². The van der Waals surface area contributed by atoms with E-state index in [1.807, 2.05) is 0 Å². The minimum absolute atomic E-state index is 0.184. The lowest BCUT2D eigenvalue weighted by atomic mass is 9.97. The van der Waals surface area contributed by atoms with Crippen LogP contribution < -0.4 is 15.8 Å². The highest BCUT2D eigenvalue weighted by Gasteiger charge is 2.39. The van der Waals surface area contributed by atoms with E-state index in [-0.39, 0.29) is 17.7 Å². The Morgan fingerprint density at radius 3 is 2.57 bits per heavy atom. The van der Waals surface area contributed by atoms with Crippen LogP contribution in [0.2, 0.25) is 5.02 Å². The summed E-state index contributed by atoms with van der Waals surface area (Å²) in [5.74, 6) is -5.55. The number of ether oxygens (including phenoxy) is 1. The van der Waals surface area contributed by atoms with Gasteiger partial charge in [0, 0.05) is 17.3 Å². The minimum Gasteiger partial charge on any atom is -0.414 e. The Bertz CT molecular complexity index is 1010. The summed E-state index contributed by atoms with van der Waals surface area (Å²) in [6.07, 6.45) is 0.868. The van der Waals surface area contributed by atoms with Crippen LogP contribution in [0.15, 0.2) is 24.4 Å². The molecule has 3 rings (SSSR count). The van der Waals surface area contributed by atoms with Crippen LogP contribution in [0.25, 0.3) is 0 Å². The maximum Gasteiger partial charge on any atom is 0.388 e. The van der Waals surface area contributed by atoms with Gasteiger partial charge in [-0.3, -0.25) is 4.79 Å². The molecule has 1 aromatic carbocycles. The summed E-state index contributed by atoms with van der Waals surface area (Å²) >= 11 is 5.61. The number of hydrogen-bond donors (Lipinski definition) is 2. The van der Waals surface area contributed by atoms with Gasteiger partial charge in [-0.1, -0.05) is 17.7 Å². The number of aromatic nitrogens is 1. The molecular formula is C17H12ClF5N4O3. The van der Waals surface area contributed by atoms with Gasteiger partial charge in [-0.25, -0.2) is 22.9 Å². The predicted molar refractivity (Wildman–Crippen MR) is 92.3 cm³/mol. The molecule has 0 radical (unpaired) electrons. The number of nitrogens with zero attached hydrogens (tertiary/aromatic N) is 2. The molecule has 13 heteroatoms. The lowest BCUT2D eigenvalue weighted by molar-refractivity contribution is -0.119. The summed E-state index contributed by atoms with van der Waals surface area (Å²) < 4.78 is 71.2. The number of nitrogens with one attached hydrogen (secondary N) is 1. The van der Waals surface area contributed by atoms with E-state index in [1.54, 1.807) is 0 Å². The number of carbonyl (C=O) groups excluding carboxylic acids is 2. The molecule has 0 bridgehead atoms. The first-order valence-electron chi connectivity index (χ1n) is 8.20. The SMILES string of the molecule is NC(=O)C1CN([C@H](c2cnc(OC(F)F)c(F)c2)c2ccc(F)c(Cl)c2F)C(=O)N1. The van der Waals surface area contributed by atoms with Crippen molar-refractivity contribution >= 4 is 23.5 Å². The van der Waals surface area contributed by atoms with Crippen LogP contribution in [0, 0.1) is 17.5 Å². The molecule has 2 aromatic rings. The Kier molecular flexibility index (Phi) is 5.97. The van der Waals surface area contributed by atoms with Gasteiger partial charge < -0.3 is 20.7 Å². The minimum atomic E-state index is -3.34. The second kappa shape index (κ2) is 8.30. The Balaban J connectivity index is 2.12. The normalized spacial score (nSPS) is 17.2. The fraction of sp³-hybridized carbons (Fsp3) is 0.235. The van der Waals surface area contributed by atoms with E-state index in [4.69, 9.17) is 17.3 Å². The largest absolute Gasteiger partial charge is 0.414 e. The number of rotatable bonds is 6. The lowest BCUT2D eigenvalue weighted by Crippen LogP contribution is -2.39. The zero-order valence-electron chi connectivity index (χ0n) is 14.7. The van der Waals surface area contributed by atoms with Crippen LogP contribution in [-0.4, -0.2) is 41.0 Å². The maximum absolute atomic E-state index is 14.7. The third-order valence-electron chi connectivity index (χ3n) is 4.30. The van der Waals surface area contributed by atoms with Crippen molar-refractivity contribution in [3.8, 4) is 5.88 Å². The second-order valence-corrected chi connectivity index (χ2v) is 6.54. The Morgan fingerprint density at radius 1 is 1.30 bits per heavy atom. The van der Waals surface area contributed by atoms with Crippen molar-refractivity contribution in [2.45, 2.75) is 18.7 Å². The quantitative estimate of drug-likeness (QED) is 0.522. The molecule has 7 nitrogen and oxygen atoms in total. The molecule has 1 aliphatic heterocycles. The summed E-state index contributed by atoms with van der Waals surface area (Å²) in [5, 5.41) is 1.39. The van der Waals surface area contributed by atoms with E-state index < -0.39 is 59.0 Å². The molecule has 1 aliphatic rings. The Morgan fingerprint density at radius 2 is 2.00 bits per heavy atom. The summed E-state index contributed by atoms with van der Waals surface area (Å²) in [5.41, 5.74) is 4.64. The lowest BCUT2D eigenvalue weighted by Gasteiger charge is -2.28. The van der Waals surface area contributed by atoms with Crippen LogP contribution in [0.3, 0.4) is 0 Å². The molecule has 0 saturated carbocycles. The maximum atomic E-state index is 14.7. The van der Waals surface area contributed by atoms with Crippen LogP contribution in [0.4, 0.5) is 26.7 Å². The topological polar surface area (TPSA) is 97.6 Å². The van der Waals surface area contributed by atoms with Crippen LogP contribution in [0.1, 0.15) is 17.2 Å². The molecule has 1 unspecified atom stereocenters. The molecule has 1 aromatic heterocycles. The second-order valence-electron chi connectivity index (χ2n) is 6.16. The highest BCUT2D eigenvalue weighted by atomic mass is 35.5. The van der Waals surface area contributed by atoms with Crippen molar-refractivity contribution in [1.29, 1.82) is 0 Å². The monoisotopic (exact) mass is 450 g/mol. The molecule has 2 heterocycles. The van der Waals surface area contributed by atoms with E-state index in [2.05, 4.69) is 15.0 Å². The highest BCUT2D eigenvalue weighted by molar-refractivity contribution is 6.31. The van der Waals surface area contributed by atoms with Gasteiger partial charge >= 0.3 is 12.6 Å². The van der Waals surface area contributed by atoms with E-state index in [1.165, 1.54) is 0 Å². The smallest absolute Gasteiger partial charge is 0.388 e. The predicted octanol–water partition coefficient (Wildman–Crippen LogP) is 2.72. The molecule has 3 amide bonds. The van der Waals surface area contributed by atoms with Gasteiger partial charge in [0.25, 0.3) is 5.88 Å². The van der Waals surface area contributed by atoms with Gasteiger partial charge in [-0.05, 0) is 12.1 Å². The molecule has 160 valence electrons. The van der Waals surface area contributed by atoms with Crippen molar-refractivity contribution in [3.63, 3.8) is 0 Å². The third kappa shape index (κ3) is 4.08. The van der Waals surface area contributed by atoms with Crippen LogP contribution >= 0.6 is 11.6 Å². The van der Waals surface area contributed by atoms with Gasteiger partial charge in [0.2, 0.25) is 5.91 Å². The van der Waals surface area contributed by atoms with Crippen LogP contribution in [0.5, 0.6) is 5.88 Å². The van der Waals surface area contributed by atoms with Gasteiger partial charge in [-0.2, -0.15) is 8.78 Å². The van der Waals surface area contributed by atoms with Crippen LogP contribution in [-0.2, 0) is 4.79 Å². The summed E-state index contributed by atoms with van der Waals surface area (Å²) in [6.45, 7) is -3.69. The average Bonchev–Trinajstić information content (AvgIpc) is 3.05. The van der Waals surface area contributed by atoms with Gasteiger partial charge in [-0.15, -0.1) is 0 Å². The summed E-state index contributed by atoms with van der Waals surface area (Å²) in [6, 6.07) is -0.971. The van der Waals surface area contributed by atoms with Crippen molar-refractivity contribution in [2.24, 2.45) is 5.73 Å². The van der Waals surface area contributed by atoms with E-state index in [0.717, 1.165) is 23.2 Å². The number of primary amides is 1. The number of pyridine rings is 1. The fourth-order valence-electron chi connectivity index (χ4n) is 2.98. The first kappa shape index (κ1) is 21.6. The standard InChI is InChI=1S/C17H12ClF5N4O3/c18-11-8(19)2-1-7(12(11)21)13(27-5-10(14(24)28)26-17(27)29)6-3-9(20)15(25-4-6)30-16(22)23/h1-4,10,13,16H,5H2,(H2,24,28)(H,26,29)/t10?,13-/m1/s1. The van der Waals surface area contributed by atoms with Crippen molar-refractivity contribution in [3.05, 3.63) is 58.0 Å². The molecule has 1 fully saturated rings. The summed E-state index contributed by atoms with van der Waals surface area (Å²) in [4.78, 5) is 28.2. The molecule has 0 aliphatic carbocycles. The van der Waals surface area contributed by atoms with E-state index >= 15 is 0 Å². The third-order valence-corrected chi connectivity index (χ3v) is 4.64. The summed E-state index contributed by atoms with van der Waals surface area (Å²) in [7, 11) is 0. The number of hydrogen-bond acceptors (Lipinski definition) is 4. The average molecular weight is 451 g/mol. The number of amides is 3. The van der Waals surface area contributed by atoms with Crippen molar-refractivity contribution in [1.82, 2.24) is 15.2 Å². The molecule has 0 spiro atoms. The highest BCUT2D eigenvalue weighted by Crippen LogP contribution is 2.36. The number of halogens is 6. The molecule has 2 atom stereocenters. The van der Waals surface area contributed by atoms with Crippen molar-refractivity contribution < 1.29 is 36.3 Å². The number of benzene rings is 1. The first-order chi connectivity index (χ1) is 14.1. The van der Waals surface area contributed by atoms with E-state index in [9.17, 15) is 31.5 Å². The Labute approximate surface area is 170 Å². The molecule has 30 heavy (non-hydrogen) atoms. The molecule has 1 saturated heterocycles. The van der Waals surface area contributed by atoms with Gasteiger partial charge in [0.05, 0.1) is 12.6 Å². The number of nitrogens with two attached hydrogens (primary N) is 1.